The minimum Gasteiger partial charge on any atom is -2.00 e. The predicted octanol–water partition coefficient (Wildman–Crippen LogP) is -0.740. The average molecular weight is 132 g/mol. The summed E-state index contributed by atoms with van der Waals surface area (Å²) in [4.78, 5) is 0. The fraction of sp³-hybridized carbons (Fsp3) is 0. The molecule has 0 atom stereocenters. The van der Waals surface area contributed by atoms with E-state index < -0.39 is 0 Å². The molecule has 0 aliphatic carbocycles. The van der Waals surface area contributed by atoms with Gasteiger partial charge >= 0.3 is 31.7 Å². The van der Waals surface area contributed by atoms with Gasteiger partial charge in [-0.3, -0.25) is 0 Å². The van der Waals surface area contributed by atoms with Crippen LogP contribution in [0, 0.1) is 0 Å². The molecule has 0 heterocycles. The van der Waals surface area contributed by atoms with Crippen LogP contribution in [0.4, 0.5) is 0 Å². The van der Waals surface area contributed by atoms with Gasteiger partial charge in [0.2, 0.25) is 0 Å². The number of rotatable bonds is 0. The van der Waals surface area contributed by atoms with Crippen molar-refractivity contribution >= 4 is 10.1 Å². The number of hydrogen-bond acceptors (Lipinski definition) is 1. The Morgan fingerprint density at radius 2 is 1.00 bits per heavy atom. The van der Waals surface area contributed by atoms with Gasteiger partial charge in [-0.15, -0.1) is 0 Å². The van der Waals surface area contributed by atoms with Gasteiger partial charge in [-0.1, -0.05) is 0 Å². The summed E-state index contributed by atoms with van der Waals surface area (Å²) in [5.41, 5.74) is 0. The Balaban J connectivity index is -0.00000000167. The first-order chi connectivity index (χ1) is 1.00. The predicted molar refractivity (Wildman–Crippen MR) is 7.81 cm³/mol. The van der Waals surface area contributed by atoms with Crippen LogP contribution < -0.4 is 0 Å². The molecule has 0 aliphatic rings. The quantitative estimate of drug-likeness (QED) is 0.400. The van der Waals surface area contributed by atoms with Crippen LogP contribution in [-0.4, -0.2) is 10.1 Å². The standard InChI is InChI=1S/Fe.OSi.2O/c;1-2;;/q2*+2;2*-2. The summed E-state index contributed by atoms with van der Waals surface area (Å²) < 4.78 is 8.06. The van der Waals surface area contributed by atoms with Crippen molar-refractivity contribution < 1.29 is 32.5 Å². The first-order valence-corrected chi connectivity index (χ1v) is 0.612. The van der Waals surface area contributed by atoms with E-state index in [1.807, 2.05) is 0 Å². The van der Waals surface area contributed by atoms with E-state index in [2.05, 4.69) is 0 Å². The van der Waals surface area contributed by atoms with Gasteiger partial charge in [-0.25, -0.2) is 0 Å². The van der Waals surface area contributed by atoms with Crippen molar-refractivity contribution in [2.45, 2.75) is 0 Å². The summed E-state index contributed by atoms with van der Waals surface area (Å²) in [5.74, 6) is 0. The van der Waals surface area contributed by atoms with Crippen LogP contribution in [-0.2, 0) is 32.5 Å². The van der Waals surface area contributed by atoms with Crippen LogP contribution in [0.2, 0.25) is 0 Å². The molecule has 5 heteroatoms. The molecule has 0 radical (unpaired) electrons. The van der Waals surface area contributed by atoms with Gasteiger partial charge in [-0.2, -0.15) is 0 Å². The van der Waals surface area contributed by atoms with E-state index >= 15 is 0 Å². The van der Waals surface area contributed by atoms with Crippen LogP contribution in [0.3, 0.4) is 0 Å². The molecule has 3 nitrogen and oxygen atoms in total. The van der Waals surface area contributed by atoms with Gasteiger partial charge in [0, 0.05) is 0 Å². The maximum atomic E-state index is 8.06. The van der Waals surface area contributed by atoms with E-state index in [1.165, 1.54) is 0 Å². The molecule has 0 aliphatic heterocycles. The Morgan fingerprint density at radius 3 is 1.00 bits per heavy atom. The van der Waals surface area contributed by atoms with Crippen LogP contribution in [0.5, 0.6) is 0 Å². The molecule has 0 saturated carbocycles. The third kappa shape index (κ3) is 129. The minimum absolute atomic E-state index is 0. The SMILES string of the molecule is O=[Si+2].[Fe+2].[O-2].[O-2]. The van der Waals surface area contributed by atoms with Gasteiger partial charge in [0.15, 0.2) is 0 Å². The third-order valence-electron chi connectivity index (χ3n) is 0. The van der Waals surface area contributed by atoms with Gasteiger partial charge < -0.3 is 11.0 Å². The van der Waals surface area contributed by atoms with Gasteiger partial charge in [0.25, 0.3) is 0 Å². The molecular weight excluding hydrogens is 132 g/mol. The van der Waals surface area contributed by atoms with Crippen molar-refractivity contribution in [3.8, 4) is 0 Å². The monoisotopic (exact) mass is 132 g/mol. The topological polar surface area (TPSA) is 74.1 Å². The summed E-state index contributed by atoms with van der Waals surface area (Å²) >= 11 is 0. The third-order valence-corrected chi connectivity index (χ3v) is 0. The Kier molecular flexibility index (Phi) is 2610. The molecule has 0 fully saturated rings. The van der Waals surface area contributed by atoms with Crippen molar-refractivity contribution in [1.29, 1.82) is 0 Å². The van der Waals surface area contributed by atoms with Crippen LogP contribution in [0.25, 0.3) is 0 Å². The molecule has 0 unspecified atom stereocenters. The second kappa shape index (κ2) is 256. The summed E-state index contributed by atoms with van der Waals surface area (Å²) in [6, 6.07) is 0. The molecule has 0 bridgehead atoms. The molecule has 0 spiro atoms. The van der Waals surface area contributed by atoms with E-state index in [4.69, 9.17) is 4.46 Å². The Hall–Kier alpha value is 0.456. The maximum Gasteiger partial charge on any atom is 2.00 e. The zero-order valence-electron chi connectivity index (χ0n) is 2.08. The van der Waals surface area contributed by atoms with Crippen molar-refractivity contribution in [3.63, 3.8) is 0 Å². The smallest absolute Gasteiger partial charge is 2.00 e. The summed E-state index contributed by atoms with van der Waals surface area (Å²) in [6.07, 6.45) is 0. The average Bonchev–Trinajstić information content (AvgIpc) is 1.00. The van der Waals surface area contributed by atoms with Crippen LogP contribution in [0.15, 0.2) is 0 Å². The fourth-order valence-electron chi connectivity index (χ4n) is 0. The van der Waals surface area contributed by atoms with Crippen molar-refractivity contribution in [3.05, 3.63) is 0 Å². The molecule has 30 valence electrons. The molecule has 0 rings (SSSR count). The molecular formula is FeO3Si. The van der Waals surface area contributed by atoms with Crippen LogP contribution >= 0.6 is 0 Å². The minimum atomic E-state index is 0. The molecule has 0 N–H and O–H groups in total. The van der Waals surface area contributed by atoms with E-state index in [-0.39, 0.29) is 28.0 Å². The zero-order chi connectivity index (χ0) is 2.00. The maximum absolute atomic E-state index is 8.06. The molecule has 0 saturated heterocycles. The summed E-state index contributed by atoms with van der Waals surface area (Å²) in [5, 5.41) is 0. The normalized spacial score (nSPS) is 1.20. The largest absolute Gasteiger partial charge is 2.00 e. The second-order valence-electron chi connectivity index (χ2n) is 0. The van der Waals surface area contributed by atoms with Gasteiger partial charge in [0.05, 0.1) is 0 Å². The van der Waals surface area contributed by atoms with Gasteiger partial charge in [0.1, 0.15) is 0 Å². The first-order valence-electron chi connectivity index (χ1n) is 0.204. The first kappa shape index (κ1) is 51.1. The van der Waals surface area contributed by atoms with E-state index in [0.29, 0.717) is 0 Å². The second-order valence-corrected chi connectivity index (χ2v) is 0. The molecule has 0 aromatic heterocycles. The van der Waals surface area contributed by atoms with Crippen LogP contribution in [0.1, 0.15) is 0 Å². The summed E-state index contributed by atoms with van der Waals surface area (Å²) in [6.45, 7) is 0. The number of hydrogen-bond donors (Lipinski definition) is 0. The molecule has 0 aromatic carbocycles. The Bertz CT molecular complexity index is 6.85. The zero-order valence-corrected chi connectivity index (χ0v) is 4.18. The van der Waals surface area contributed by atoms with Crippen molar-refractivity contribution in [1.82, 2.24) is 0 Å². The Morgan fingerprint density at radius 1 is 1.00 bits per heavy atom. The van der Waals surface area contributed by atoms with E-state index in [1.54, 1.807) is 10.1 Å². The van der Waals surface area contributed by atoms with E-state index in [9.17, 15) is 0 Å². The molecule has 0 amide bonds. The van der Waals surface area contributed by atoms with Crippen molar-refractivity contribution in [2.24, 2.45) is 0 Å². The Labute approximate surface area is 43.3 Å². The fourth-order valence-corrected chi connectivity index (χ4v) is 0. The summed E-state index contributed by atoms with van der Waals surface area (Å²) in [7, 11) is 1.72. The molecule has 5 heavy (non-hydrogen) atoms. The van der Waals surface area contributed by atoms with Crippen molar-refractivity contribution in [2.75, 3.05) is 0 Å². The molecule has 0 aromatic rings. The van der Waals surface area contributed by atoms with E-state index in [0.717, 1.165) is 0 Å². The van der Waals surface area contributed by atoms with Gasteiger partial charge in [-0.05, 0) is 0 Å².